The number of esters is 1. The summed E-state index contributed by atoms with van der Waals surface area (Å²) in [5, 5.41) is 12.9. The Balaban J connectivity index is 2.37. The third kappa shape index (κ3) is 6.46. The highest BCUT2D eigenvalue weighted by molar-refractivity contribution is 9.10. The van der Waals surface area contributed by atoms with Gasteiger partial charge in [-0.25, -0.2) is 0 Å². The number of carbonyl (C=O) groups excluding carboxylic acids is 1. The highest BCUT2D eigenvalue weighted by Gasteiger charge is 2.23. The number of methoxy groups -OCH3 is 1. The van der Waals surface area contributed by atoms with Crippen LogP contribution in [0.5, 0.6) is 5.75 Å². The summed E-state index contributed by atoms with van der Waals surface area (Å²) in [5.74, 6) is 0.439. The van der Waals surface area contributed by atoms with Crippen LogP contribution in [0.4, 0.5) is 0 Å². The summed E-state index contributed by atoms with van der Waals surface area (Å²) in [7, 11) is 1.35. The smallest absolute Gasteiger partial charge is 0.323 e. The minimum atomic E-state index is -0.709. The molecule has 1 aromatic rings. The van der Waals surface area contributed by atoms with Crippen LogP contribution < -0.4 is 10.1 Å². The molecule has 2 unspecified atom stereocenters. The van der Waals surface area contributed by atoms with Gasteiger partial charge in [-0.3, -0.25) is 4.79 Å². The van der Waals surface area contributed by atoms with Crippen molar-refractivity contribution in [3.63, 3.8) is 0 Å². The Hall–Kier alpha value is -1.11. The molecule has 118 valence electrons. The quantitative estimate of drug-likeness (QED) is 0.694. The summed E-state index contributed by atoms with van der Waals surface area (Å²) < 4.78 is 11.2. The van der Waals surface area contributed by atoms with Crippen LogP contribution in [0.2, 0.25) is 0 Å². The zero-order valence-corrected chi connectivity index (χ0v) is 14.1. The second-order valence-corrected chi connectivity index (χ2v) is 5.99. The molecule has 2 atom stereocenters. The van der Waals surface area contributed by atoms with Gasteiger partial charge >= 0.3 is 5.97 Å². The summed E-state index contributed by atoms with van der Waals surface area (Å²) >= 11 is 3.34. The van der Waals surface area contributed by atoms with Gasteiger partial charge in [0, 0.05) is 11.0 Å². The highest BCUT2D eigenvalue weighted by atomic mass is 79.9. The van der Waals surface area contributed by atoms with E-state index < -0.39 is 12.1 Å². The van der Waals surface area contributed by atoms with Crippen LogP contribution in [-0.2, 0) is 9.53 Å². The molecule has 0 saturated heterocycles. The predicted octanol–water partition coefficient (Wildman–Crippen LogP) is 1.98. The third-order valence-electron chi connectivity index (χ3n) is 2.95. The fourth-order valence-electron chi connectivity index (χ4n) is 1.76. The maximum absolute atomic E-state index is 11.6. The molecule has 0 heterocycles. The Bertz CT molecular complexity index is 436. The first-order valence-corrected chi connectivity index (χ1v) is 7.61. The number of rotatable bonds is 8. The van der Waals surface area contributed by atoms with Crippen LogP contribution in [0.25, 0.3) is 0 Å². The van der Waals surface area contributed by atoms with Gasteiger partial charge in [0.2, 0.25) is 0 Å². The Kier molecular flexibility index (Phi) is 7.71. The van der Waals surface area contributed by atoms with E-state index in [1.165, 1.54) is 7.11 Å². The van der Waals surface area contributed by atoms with Gasteiger partial charge in [0.15, 0.2) is 0 Å². The van der Waals surface area contributed by atoms with Crippen molar-refractivity contribution in [2.45, 2.75) is 26.0 Å². The van der Waals surface area contributed by atoms with Gasteiger partial charge in [0.1, 0.15) is 24.5 Å². The molecular weight excluding hydrogens is 338 g/mol. The van der Waals surface area contributed by atoms with Crippen LogP contribution in [0.15, 0.2) is 28.7 Å². The minimum absolute atomic E-state index is 0.0806. The molecule has 1 rings (SSSR count). The molecule has 21 heavy (non-hydrogen) atoms. The topological polar surface area (TPSA) is 67.8 Å². The molecular formula is C15H22BrNO4. The van der Waals surface area contributed by atoms with Crippen molar-refractivity contribution in [3.05, 3.63) is 28.7 Å². The second kappa shape index (κ2) is 9.02. The second-order valence-electron chi connectivity index (χ2n) is 5.07. The lowest BCUT2D eigenvalue weighted by Crippen LogP contribution is -2.45. The molecule has 5 nitrogen and oxygen atoms in total. The standard InChI is InChI=1S/C15H22BrNO4/c1-10(2)14(15(19)20-3)17-8-12(18)9-21-13-6-4-11(16)5-7-13/h4-7,10,12,14,17-18H,8-9H2,1-3H3. The number of ether oxygens (including phenoxy) is 2. The molecule has 0 amide bonds. The van der Waals surface area contributed by atoms with Crippen molar-refractivity contribution < 1.29 is 19.4 Å². The lowest BCUT2D eigenvalue weighted by atomic mass is 10.0. The molecule has 1 aromatic carbocycles. The van der Waals surface area contributed by atoms with Gasteiger partial charge < -0.3 is 19.9 Å². The van der Waals surface area contributed by atoms with E-state index in [-0.39, 0.29) is 25.0 Å². The Morgan fingerprint density at radius 2 is 1.95 bits per heavy atom. The van der Waals surface area contributed by atoms with E-state index in [4.69, 9.17) is 9.47 Å². The first-order valence-electron chi connectivity index (χ1n) is 6.81. The number of nitrogens with one attached hydrogen (secondary N) is 1. The van der Waals surface area contributed by atoms with Gasteiger partial charge in [-0.1, -0.05) is 29.8 Å². The van der Waals surface area contributed by atoms with E-state index in [0.29, 0.717) is 5.75 Å². The molecule has 6 heteroatoms. The van der Waals surface area contributed by atoms with Crippen LogP contribution in [0.3, 0.4) is 0 Å². The van der Waals surface area contributed by atoms with Gasteiger partial charge in [-0.15, -0.1) is 0 Å². The fraction of sp³-hybridized carbons (Fsp3) is 0.533. The van der Waals surface area contributed by atoms with Crippen LogP contribution >= 0.6 is 15.9 Å². The van der Waals surface area contributed by atoms with E-state index in [1.54, 1.807) is 0 Å². The van der Waals surface area contributed by atoms with Gasteiger partial charge in [0.05, 0.1) is 7.11 Å². The van der Waals surface area contributed by atoms with Crippen molar-refractivity contribution >= 4 is 21.9 Å². The summed E-state index contributed by atoms with van der Waals surface area (Å²) in [6.07, 6.45) is -0.709. The third-order valence-corrected chi connectivity index (χ3v) is 3.48. The van der Waals surface area contributed by atoms with E-state index in [1.807, 2.05) is 38.1 Å². The van der Waals surface area contributed by atoms with Crippen molar-refractivity contribution in [1.82, 2.24) is 5.32 Å². The largest absolute Gasteiger partial charge is 0.491 e. The number of aliphatic hydroxyl groups excluding tert-OH is 1. The number of hydrogen-bond acceptors (Lipinski definition) is 5. The van der Waals surface area contributed by atoms with Gasteiger partial charge in [0.25, 0.3) is 0 Å². The van der Waals surface area contributed by atoms with Crippen molar-refractivity contribution in [2.75, 3.05) is 20.3 Å². The zero-order valence-electron chi connectivity index (χ0n) is 12.5. The van der Waals surface area contributed by atoms with E-state index in [9.17, 15) is 9.90 Å². The fourth-order valence-corrected chi connectivity index (χ4v) is 2.03. The molecule has 0 spiro atoms. The molecule has 0 bridgehead atoms. The molecule has 0 radical (unpaired) electrons. The van der Waals surface area contributed by atoms with Crippen LogP contribution in [-0.4, -0.2) is 43.5 Å². The van der Waals surface area contributed by atoms with Crippen molar-refractivity contribution in [2.24, 2.45) is 5.92 Å². The van der Waals surface area contributed by atoms with Crippen LogP contribution in [0, 0.1) is 5.92 Å². The summed E-state index contributed by atoms with van der Waals surface area (Å²) in [4.78, 5) is 11.6. The Morgan fingerprint density at radius 3 is 2.48 bits per heavy atom. The maximum Gasteiger partial charge on any atom is 0.323 e. The number of halogens is 1. The summed E-state index contributed by atoms with van der Waals surface area (Å²) in [5.41, 5.74) is 0. The number of benzene rings is 1. The Labute approximate surface area is 133 Å². The van der Waals surface area contributed by atoms with E-state index in [0.717, 1.165) is 4.47 Å². The van der Waals surface area contributed by atoms with Crippen LogP contribution in [0.1, 0.15) is 13.8 Å². The van der Waals surface area contributed by atoms with Gasteiger partial charge in [-0.2, -0.15) is 0 Å². The summed E-state index contributed by atoms with van der Waals surface area (Å²) in [6, 6.07) is 6.93. The first kappa shape index (κ1) is 17.9. The molecule has 0 aliphatic carbocycles. The first-order chi connectivity index (χ1) is 9.93. The average molecular weight is 360 g/mol. The number of hydrogen-bond donors (Lipinski definition) is 2. The Morgan fingerprint density at radius 1 is 1.33 bits per heavy atom. The van der Waals surface area contributed by atoms with E-state index >= 15 is 0 Å². The predicted molar refractivity (Wildman–Crippen MR) is 84.3 cm³/mol. The molecule has 0 aliphatic heterocycles. The van der Waals surface area contributed by atoms with Crippen molar-refractivity contribution in [3.8, 4) is 5.75 Å². The molecule has 0 saturated carbocycles. The maximum atomic E-state index is 11.6. The SMILES string of the molecule is COC(=O)C(NCC(O)COc1ccc(Br)cc1)C(C)C. The zero-order chi connectivity index (χ0) is 15.8. The average Bonchev–Trinajstić information content (AvgIpc) is 2.46. The number of carbonyl (C=O) groups is 1. The molecule has 0 fully saturated rings. The van der Waals surface area contributed by atoms with Gasteiger partial charge in [-0.05, 0) is 30.2 Å². The molecule has 0 aromatic heterocycles. The number of aliphatic hydroxyl groups is 1. The normalized spacial score (nSPS) is 13.8. The molecule has 2 N–H and O–H groups in total. The van der Waals surface area contributed by atoms with E-state index in [2.05, 4.69) is 21.2 Å². The minimum Gasteiger partial charge on any atom is -0.491 e. The highest BCUT2D eigenvalue weighted by Crippen LogP contribution is 2.16. The summed E-state index contributed by atoms with van der Waals surface area (Å²) in [6.45, 7) is 4.24. The lowest BCUT2D eigenvalue weighted by molar-refractivity contribution is -0.144. The monoisotopic (exact) mass is 359 g/mol. The molecule has 0 aliphatic rings. The lowest BCUT2D eigenvalue weighted by Gasteiger charge is -2.21. The van der Waals surface area contributed by atoms with Crippen molar-refractivity contribution in [1.29, 1.82) is 0 Å².